The van der Waals surface area contributed by atoms with Crippen molar-refractivity contribution in [2.75, 3.05) is 6.61 Å². The molecule has 0 aromatic rings. The van der Waals surface area contributed by atoms with Crippen LogP contribution in [0.5, 0.6) is 0 Å². The minimum absolute atomic E-state index is 0.120. The molecule has 0 aliphatic heterocycles. The number of nitriles is 1. The number of nitrogens with zero attached hydrogens (tertiary/aromatic N) is 1. The Hall–Kier alpha value is -0.590. The molecule has 0 aromatic heterocycles. The Kier molecular flexibility index (Phi) is 4.23. The summed E-state index contributed by atoms with van der Waals surface area (Å²) in [6.07, 6.45) is 1.21. The fourth-order valence-electron chi connectivity index (χ4n) is 0.376. The van der Waals surface area contributed by atoms with Crippen LogP contribution in [0.3, 0.4) is 0 Å². The molecule has 3 nitrogen and oxygen atoms in total. The van der Waals surface area contributed by atoms with Gasteiger partial charge in [-0.25, -0.2) is 0 Å². The third-order valence-electron chi connectivity index (χ3n) is 0.839. The van der Waals surface area contributed by atoms with Crippen LogP contribution in [-0.4, -0.2) is 17.8 Å². The van der Waals surface area contributed by atoms with Crippen LogP contribution < -0.4 is 5.73 Å². The summed E-state index contributed by atoms with van der Waals surface area (Å²) in [7, 11) is 0. The molecule has 0 amide bonds. The molecule has 0 saturated carbocycles. The highest BCUT2D eigenvalue weighted by Gasteiger charge is 1.95. The van der Waals surface area contributed by atoms with Crippen LogP contribution in [0.4, 0.5) is 0 Å². The molecule has 0 aliphatic rings. The van der Waals surface area contributed by atoms with E-state index < -0.39 is 6.04 Å². The number of hydrogen-bond acceptors (Lipinski definition) is 3. The van der Waals surface area contributed by atoms with Crippen molar-refractivity contribution >= 4 is 0 Å². The summed E-state index contributed by atoms with van der Waals surface area (Å²) in [6, 6.07) is 1.47. The first kappa shape index (κ1) is 7.41. The minimum atomic E-state index is -0.401. The SMILES string of the molecule is N#CC(N)CCCO. The number of hydrogen-bond donors (Lipinski definition) is 2. The van der Waals surface area contributed by atoms with Gasteiger partial charge in [-0.05, 0) is 12.8 Å². The van der Waals surface area contributed by atoms with Gasteiger partial charge in [-0.2, -0.15) is 5.26 Å². The quantitative estimate of drug-likeness (QED) is 0.525. The summed E-state index contributed by atoms with van der Waals surface area (Å²) in [5, 5.41) is 16.4. The second kappa shape index (κ2) is 4.57. The fraction of sp³-hybridized carbons (Fsp3) is 0.800. The minimum Gasteiger partial charge on any atom is -0.396 e. The van der Waals surface area contributed by atoms with Gasteiger partial charge in [0.25, 0.3) is 0 Å². The molecule has 0 spiro atoms. The van der Waals surface area contributed by atoms with Crippen molar-refractivity contribution in [1.29, 1.82) is 5.26 Å². The summed E-state index contributed by atoms with van der Waals surface area (Å²) in [6.45, 7) is 0.120. The average molecular weight is 114 g/mol. The van der Waals surface area contributed by atoms with Gasteiger partial charge in [0, 0.05) is 6.61 Å². The first-order valence-corrected chi connectivity index (χ1v) is 2.57. The highest BCUT2D eigenvalue weighted by atomic mass is 16.2. The first-order valence-electron chi connectivity index (χ1n) is 2.57. The highest BCUT2D eigenvalue weighted by Crippen LogP contribution is 1.89. The van der Waals surface area contributed by atoms with Crippen molar-refractivity contribution in [3.8, 4) is 6.07 Å². The van der Waals surface area contributed by atoms with E-state index in [0.717, 1.165) is 0 Å². The maximum absolute atomic E-state index is 8.25. The molecular weight excluding hydrogens is 104 g/mol. The van der Waals surface area contributed by atoms with Gasteiger partial charge < -0.3 is 10.8 Å². The van der Waals surface area contributed by atoms with Gasteiger partial charge in [0.1, 0.15) is 0 Å². The summed E-state index contributed by atoms with van der Waals surface area (Å²) >= 11 is 0. The van der Waals surface area contributed by atoms with Gasteiger partial charge in [0.05, 0.1) is 12.1 Å². The lowest BCUT2D eigenvalue weighted by Gasteiger charge is -1.96. The van der Waals surface area contributed by atoms with E-state index >= 15 is 0 Å². The molecule has 0 bridgehead atoms. The van der Waals surface area contributed by atoms with E-state index in [1.807, 2.05) is 6.07 Å². The standard InChI is InChI=1S/C5H10N2O/c6-4-5(7)2-1-3-8/h5,8H,1-3,7H2. The average Bonchev–Trinajstić information content (AvgIpc) is 1.83. The molecular formula is C5H10N2O. The van der Waals surface area contributed by atoms with Crippen molar-refractivity contribution in [2.24, 2.45) is 5.73 Å². The molecule has 1 atom stereocenters. The van der Waals surface area contributed by atoms with Gasteiger partial charge in [-0.1, -0.05) is 0 Å². The van der Waals surface area contributed by atoms with Crippen molar-refractivity contribution in [2.45, 2.75) is 18.9 Å². The summed E-state index contributed by atoms with van der Waals surface area (Å²) in [5.41, 5.74) is 5.19. The second-order valence-corrected chi connectivity index (χ2v) is 1.60. The zero-order valence-corrected chi connectivity index (χ0v) is 4.67. The zero-order chi connectivity index (χ0) is 6.41. The predicted octanol–water partition coefficient (Wildman–Crippen LogP) is -0.390. The zero-order valence-electron chi connectivity index (χ0n) is 4.67. The molecule has 0 radical (unpaired) electrons. The molecule has 1 unspecified atom stereocenters. The Morgan fingerprint density at radius 3 is 2.75 bits per heavy atom. The molecule has 0 rings (SSSR count). The predicted molar refractivity (Wildman–Crippen MR) is 29.9 cm³/mol. The Morgan fingerprint density at radius 2 is 2.38 bits per heavy atom. The van der Waals surface area contributed by atoms with Crippen LogP contribution in [0.1, 0.15) is 12.8 Å². The third-order valence-corrected chi connectivity index (χ3v) is 0.839. The van der Waals surface area contributed by atoms with E-state index in [-0.39, 0.29) is 6.61 Å². The van der Waals surface area contributed by atoms with E-state index in [1.54, 1.807) is 0 Å². The smallest absolute Gasteiger partial charge is 0.0928 e. The molecule has 0 aromatic carbocycles. The Morgan fingerprint density at radius 1 is 1.75 bits per heavy atom. The number of aliphatic hydroxyl groups is 1. The van der Waals surface area contributed by atoms with E-state index in [9.17, 15) is 0 Å². The van der Waals surface area contributed by atoms with Crippen LogP contribution in [-0.2, 0) is 0 Å². The van der Waals surface area contributed by atoms with Gasteiger partial charge in [0.2, 0.25) is 0 Å². The fourth-order valence-corrected chi connectivity index (χ4v) is 0.376. The molecule has 8 heavy (non-hydrogen) atoms. The number of aliphatic hydroxyl groups excluding tert-OH is 1. The number of rotatable bonds is 3. The monoisotopic (exact) mass is 114 g/mol. The molecule has 0 fully saturated rings. The molecule has 46 valence electrons. The molecule has 3 N–H and O–H groups in total. The highest BCUT2D eigenvalue weighted by molar-refractivity contribution is 4.85. The maximum Gasteiger partial charge on any atom is 0.0928 e. The van der Waals surface area contributed by atoms with Crippen molar-refractivity contribution < 1.29 is 5.11 Å². The molecule has 0 aliphatic carbocycles. The van der Waals surface area contributed by atoms with Crippen molar-refractivity contribution in [3.05, 3.63) is 0 Å². The second-order valence-electron chi connectivity index (χ2n) is 1.60. The molecule has 0 heterocycles. The van der Waals surface area contributed by atoms with E-state index in [1.165, 1.54) is 0 Å². The van der Waals surface area contributed by atoms with Gasteiger partial charge >= 0.3 is 0 Å². The van der Waals surface area contributed by atoms with E-state index in [2.05, 4.69) is 0 Å². The topological polar surface area (TPSA) is 70.0 Å². The summed E-state index contributed by atoms with van der Waals surface area (Å²) < 4.78 is 0. The van der Waals surface area contributed by atoms with E-state index in [4.69, 9.17) is 16.1 Å². The lowest BCUT2D eigenvalue weighted by atomic mass is 10.2. The molecule has 3 heteroatoms. The summed E-state index contributed by atoms with van der Waals surface area (Å²) in [4.78, 5) is 0. The van der Waals surface area contributed by atoms with Gasteiger partial charge in [0.15, 0.2) is 0 Å². The summed E-state index contributed by atoms with van der Waals surface area (Å²) in [5.74, 6) is 0. The maximum atomic E-state index is 8.25. The third kappa shape index (κ3) is 3.59. The van der Waals surface area contributed by atoms with E-state index in [0.29, 0.717) is 12.8 Å². The Labute approximate surface area is 48.7 Å². The normalized spacial score (nSPS) is 12.6. The van der Waals surface area contributed by atoms with Crippen LogP contribution in [0.2, 0.25) is 0 Å². The number of nitrogens with two attached hydrogens (primary N) is 1. The van der Waals surface area contributed by atoms with Gasteiger partial charge in [-0.15, -0.1) is 0 Å². The van der Waals surface area contributed by atoms with Gasteiger partial charge in [-0.3, -0.25) is 0 Å². The van der Waals surface area contributed by atoms with Crippen LogP contribution in [0.25, 0.3) is 0 Å². The first-order chi connectivity index (χ1) is 3.81. The van der Waals surface area contributed by atoms with Crippen molar-refractivity contribution in [3.63, 3.8) is 0 Å². The van der Waals surface area contributed by atoms with Crippen LogP contribution in [0, 0.1) is 11.3 Å². The van der Waals surface area contributed by atoms with Crippen molar-refractivity contribution in [1.82, 2.24) is 0 Å². The molecule has 0 saturated heterocycles. The lowest BCUT2D eigenvalue weighted by molar-refractivity contribution is 0.283. The van der Waals surface area contributed by atoms with Crippen LogP contribution >= 0.6 is 0 Å². The van der Waals surface area contributed by atoms with Crippen LogP contribution in [0.15, 0.2) is 0 Å². The largest absolute Gasteiger partial charge is 0.396 e. The Bertz CT molecular complexity index is 86.9. The Balaban J connectivity index is 3.02. The lowest BCUT2D eigenvalue weighted by Crippen LogP contribution is -2.16.